The van der Waals surface area contributed by atoms with Crippen LogP contribution in [0, 0.1) is 0 Å². The van der Waals surface area contributed by atoms with Gasteiger partial charge in [-0.05, 0) is 29.3 Å². The maximum atomic E-state index is 12.2. The van der Waals surface area contributed by atoms with E-state index in [-0.39, 0.29) is 11.8 Å². The van der Waals surface area contributed by atoms with Crippen LogP contribution in [0.5, 0.6) is 0 Å². The summed E-state index contributed by atoms with van der Waals surface area (Å²) in [6.07, 6.45) is 0.653. The van der Waals surface area contributed by atoms with Crippen molar-refractivity contribution in [2.75, 3.05) is 6.54 Å². The third-order valence-electron chi connectivity index (χ3n) is 3.85. The maximum Gasteiger partial charge on any atom is 0.271 e. The van der Waals surface area contributed by atoms with Crippen molar-refractivity contribution in [3.05, 3.63) is 46.2 Å². The van der Waals surface area contributed by atoms with Crippen molar-refractivity contribution in [1.82, 2.24) is 35.9 Å². The van der Waals surface area contributed by atoms with Crippen LogP contribution in [0.2, 0.25) is 5.02 Å². The van der Waals surface area contributed by atoms with E-state index in [1.807, 2.05) is 24.3 Å². The van der Waals surface area contributed by atoms with Gasteiger partial charge in [0.05, 0.1) is 0 Å². The van der Waals surface area contributed by atoms with Gasteiger partial charge in [0.2, 0.25) is 5.82 Å². The Morgan fingerprint density at radius 1 is 1.22 bits per heavy atom. The molecule has 0 aliphatic carbocycles. The van der Waals surface area contributed by atoms with Crippen molar-refractivity contribution in [2.45, 2.75) is 12.3 Å². The van der Waals surface area contributed by atoms with Crippen LogP contribution in [-0.2, 0) is 6.42 Å². The molecule has 9 heteroatoms. The third kappa shape index (κ3) is 2.57. The Labute approximate surface area is 135 Å². The number of imidazole rings is 1. The lowest BCUT2D eigenvalue weighted by Gasteiger charge is -2.14. The Morgan fingerprint density at radius 3 is 2.78 bits per heavy atom. The lowest BCUT2D eigenvalue weighted by atomic mass is 9.94. The number of hydrogen-bond donors (Lipinski definition) is 3. The minimum Gasteiger partial charge on any atom is -0.350 e. The van der Waals surface area contributed by atoms with E-state index in [1.165, 1.54) is 0 Å². The molecule has 0 unspecified atom stereocenters. The van der Waals surface area contributed by atoms with E-state index in [1.54, 1.807) is 0 Å². The molecule has 4 rings (SSSR count). The smallest absolute Gasteiger partial charge is 0.271 e. The van der Waals surface area contributed by atoms with Crippen LogP contribution < -0.4 is 5.32 Å². The molecule has 1 aliphatic rings. The summed E-state index contributed by atoms with van der Waals surface area (Å²) in [5.41, 5.74) is 2.25. The van der Waals surface area contributed by atoms with Crippen molar-refractivity contribution < 1.29 is 4.79 Å². The molecule has 0 radical (unpaired) electrons. The topological polar surface area (TPSA) is 112 Å². The number of carbonyl (C=O) groups excluding carboxylic acids is 1. The first-order valence-electron chi connectivity index (χ1n) is 7.07. The quantitative estimate of drug-likeness (QED) is 0.656. The number of rotatable bonds is 2. The SMILES string of the molecule is O=C1NC[C@H](c2ccc(Cl)cc2)Cc2[nH]c(-c3nn[nH]n3)nc21. The molecule has 116 valence electrons. The van der Waals surface area contributed by atoms with E-state index in [2.05, 4.69) is 35.9 Å². The van der Waals surface area contributed by atoms with Gasteiger partial charge in [0.25, 0.3) is 5.91 Å². The molecule has 0 bridgehead atoms. The normalized spacial score (nSPS) is 17.4. The summed E-state index contributed by atoms with van der Waals surface area (Å²) in [5.74, 6) is 0.683. The number of halogens is 1. The molecule has 0 saturated heterocycles. The first-order valence-corrected chi connectivity index (χ1v) is 7.45. The lowest BCUT2D eigenvalue weighted by Crippen LogP contribution is -2.26. The lowest BCUT2D eigenvalue weighted by molar-refractivity contribution is 0.0950. The second-order valence-electron chi connectivity index (χ2n) is 5.31. The zero-order valence-electron chi connectivity index (χ0n) is 11.9. The summed E-state index contributed by atoms with van der Waals surface area (Å²) in [5, 5.41) is 17.2. The predicted octanol–water partition coefficient (Wildman–Crippen LogP) is 1.31. The number of nitrogens with one attached hydrogen (secondary N) is 3. The van der Waals surface area contributed by atoms with Crippen molar-refractivity contribution in [2.24, 2.45) is 0 Å². The number of H-pyrrole nitrogens is 2. The van der Waals surface area contributed by atoms with Crippen LogP contribution in [0.4, 0.5) is 0 Å². The standard InChI is InChI=1S/C14H12ClN7O/c15-9-3-1-7(2-4-9)8-5-10-11(14(23)16-6-8)18-12(17-10)13-19-21-22-20-13/h1-4,8H,5-6H2,(H,16,23)(H,17,18)(H,19,20,21,22)/t8-/m1/s1. The molecular weight excluding hydrogens is 318 g/mol. The monoisotopic (exact) mass is 329 g/mol. The Kier molecular flexibility index (Phi) is 3.30. The molecule has 0 saturated carbocycles. The minimum absolute atomic E-state index is 0.135. The summed E-state index contributed by atoms with van der Waals surface area (Å²) in [7, 11) is 0. The van der Waals surface area contributed by atoms with Gasteiger partial charge < -0.3 is 10.3 Å². The van der Waals surface area contributed by atoms with Gasteiger partial charge in [0, 0.05) is 23.2 Å². The van der Waals surface area contributed by atoms with E-state index in [0.29, 0.717) is 35.3 Å². The molecule has 2 aromatic heterocycles. The van der Waals surface area contributed by atoms with E-state index in [4.69, 9.17) is 11.6 Å². The van der Waals surface area contributed by atoms with Crippen molar-refractivity contribution in [1.29, 1.82) is 0 Å². The zero-order chi connectivity index (χ0) is 15.8. The van der Waals surface area contributed by atoms with Crippen LogP contribution >= 0.6 is 11.6 Å². The van der Waals surface area contributed by atoms with Crippen LogP contribution in [0.15, 0.2) is 24.3 Å². The van der Waals surface area contributed by atoms with Crippen LogP contribution in [0.3, 0.4) is 0 Å². The van der Waals surface area contributed by atoms with Gasteiger partial charge in [0.1, 0.15) is 5.69 Å². The second kappa shape index (κ2) is 5.47. The molecule has 3 N–H and O–H groups in total. The van der Waals surface area contributed by atoms with E-state index < -0.39 is 0 Å². The van der Waals surface area contributed by atoms with Crippen LogP contribution in [-0.4, -0.2) is 43.0 Å². The van der Waals surface area contributed by atoms with Gasteiger partial charge in [-0.15, -0.1) is 10.2 Å². The molecular formula is C14H12ClN7O. The molecule has 0 fully saturated rings. The summed E-state index contributed by atoms with van der Waals surface area (Å²) < 4.78 is 0. The Bertz CT molecular complexity index is 841. The van der Waals surface area contributed by atoms with E-state index in [9.17, 15) is 4.79 Å². The third-order valence-corrected chi connectivity index (χ3v) is 4.10. The summed E-state index contributed by atoms with van der Waals surface area (Å²) >= 11 is 5.94. The number of tetrazole rings is 1. The number of aromatic nitrogens is 6. The number of fused-ring (bicyclic) bond motifs is 1. The molecule has 1 aromatic carbocycles. The second-order valence-corrected chi connectivity index (χ2v) is 5.75. The fourth-order valence-corrected chi connectivity index (χ4v) is 2.83. The molecule has 1 amide bonds. The van der Waals surface area contributed by atoms with Gasteiger partial charge in [-0.3, -0.25) is 4.79 Å². The highest BCUT2D eigenvalue weighted by Gasteiger charge is 2.27. The van der Waals surface area contributed by atoms with Gasteiger partial charge in [-0.1, -0.05) is 23.7 Å². The van der Waals surface area contributed by atoms with Crippen molar-refractivity contribution in [3.8, 4) is 11.6 Å². The fraction of sp³-hybridized carbons (Fsp3) is 0.214. The van der Waals surface area contributed by atoms with Crippen molar-refractivity contribution >= 4 is 17.5 Å². The maximum absolute atomic E-state index is 12.2. The number of carbonyl (C=O) groups is 1. The number of hydrogen-bond acceptors (Lipinski definition) is 5. The summed E-state index contributed by atoms with van der Waals surface area (Å²) in [6.45, 7) is 0.544. The van der Waals surface area contributed by atoms with Gasteiger partial charge in [-0.2, -0.15) is 5.21 Å². The molecule has 1 atom stereocenters. The highest BCUT2D eigenvalue weighted by molar-refractivity contribution is 6.30. The Hall–Kier alpha value is -2.74. The molecule has 1 aliphatic heterocycles. The Balaban J connectivity index is 1.69. The highest BCUT2D eigenvalue weighted by atomic mass is 35.5. The number of aromatic amines is 2. The molecule has 8 nitrogen and oxygen atoms in total. The largest absolute Gasteiger partial charge is 0.350 e. The number of nitrogens with zero attached hydrogens (tertiary/aromatic N) is 4. The van der Waals surface area contributed by atoms with Gasteiger partial charge in [-0.25, -0.2) is 4.98 Å². The van der Waals surface area contributed by atoms with Gasteiger partial charge >= 0.3 is 0 Å². The van der Waals surface area contributed by atoms with E-state index >= 15 is 0 Å². The molecule has 0 spiro atoms. The fourth-order valence-electron chi connectivity index (χ4n) is 2.70. The number of benzene rings is 1. The van der Waals surface area contributed by atoms with Crippen molar-refractivity contribution in [3.63, 3.8) is 0 Å². The molecule has 3 aromatic rings. The van der Waals surface area contributed by atoms with Crippen LogP contribution in [0.1, 0.15) is 27.7 Å². The van der Waals surface area contributed by atoms with E-state index in [0.717, 1.165) is 11.3 Å². The first kappa shape index (κ1) is 13.9. The minimum atomic E-state index is -0.206. The summed E-state index contributed by atoms with van der Waals surface area (Å²) in [6, 6.07) is 7.64. The predicted molar refractivity (Wildman–Crippen MR) is 82.0 cm³/mol. The number of amides is 1. The van der Waals surface area contributed by atoms with Gasteiger partial charge in [0.15, 0.2) is 5.82 Å². The highest BCUT2D eigenvalue weighted by Crippen LogP contribution is 2.26. The Morgan fingerprint density at radius 2 is 2.04 bits per heavy atom. The molecule has 23 heavy (non-hydrogen) atoms. The first-order chi connectivity index (χ1) is 11.2. The average Bonchev–Trinajstić information content (AvgIpc) is 3.19. The molecule has 3 heterocycles. The zero-order valence-corrected chi connectivity index (χ0v) is 12.6. The van der Waals surface area contributed by atoms with Crippen LogP contribution in [0.25, 0.3) is 11.6 Å². The summed E-state index contributed by atoms with van der Waals surface area (Å²) in [4.78, 5) is 19.7. The average molecular weight is 330 g/mol.